The quantitative estimate of drug-likeness (QED) is 0.774. The summed E-state index contributed by atoms with van der Waals surface area (Å²) in [6, 6.07) is 5.09. The van der Waals surface area contributed by atoms with E-state index < -0.39 is 10.0 Å². The third kappa shape index (κ3) is 3.33. The van der Waals surface area contributed by atoms with Crippen molar-refractivity contribution >= 4 is 21.6 Å². The number of aryl methyl sites for hydroxylation is 1. The molecule has 1 aromatic heterocycles. The Morgan fingerprint density at radius 1 is 1.32 bits per heavy atom. The summed E-state index contributed by atoms with van der Waals surface area (Å²) in [7, 11) is -3.66. The summed E-state index contributed by atoms with van der Waals surface area (Å²) in [5.41, 5.74) is 1.71. The van der Waals surface area contributed by atoms with Gasteiger partial charge < -0.3 is 9.42 Å². The SMILES string of the molecule is CCc1nc(C2CCCN(S(=O)(=O)c3ccc4c(c3)N(C(C)=O)CC4)C2)no1. The summed E-state index contributed by atoms with van der Waals surface area (Å²) in [5, 5.41) is 4.02. The van der Waals surface area contributed by atoms with E-state index >= 15 is 0 Å². The van der Waals surface area contributed by atoms with Crippen LogP contribution in [0.4, 0.5) is 5.69 Å². The van der Waals surface area contributed by atoms with Crippen LogP contribution in [0.15, 0.2) is 27.6 Å². The number of nitrogens with zero attached hydrogens (tertiary/aromatic N) is 4. The van der Waals surface area contributed by atoms with Gasteiger partial charge in [0.1, 0.15) is 0 Å². The first-order chi connectivity index (χ1) is 13.4. The van der Waals surface area contributed by atoms with Crippen molar-refractivity contribution in [2.75, 3.05) is 24.5 Å². The first-order valence-corrected chi connectivity index (χ1v) is 11.1. The van der Waals surface area contributed by atoms with Crippen molar-refractivity contribution in [1.82, 2.24) is 14.4 Å². The molecule has 1 unspecified atom stereocenters. The number of sulfonamides is 1. The van der Waals surface area contributed by atoms with Crippen LogP contribution < -0.4 is 4.90 Å². The van der Waals surface area contributed by atoms with Crippen LogP contribution in [0.2, 0.25) is 0 Å². The number of rotatable bonds is 4. The van der Waals surface area contributed by atoms with E-state index in [4.69, 9.17) is 4.52 Å². The fourth-order valence-corrected chi connectivity index (χ4v) is 5.49. The molecule has 9 heteroatoms. The van der Waals surface area contributed by atoms with E-state index in [-0.39, 0.29) is 16.7 Å². The highest BCUT2D eigenvalue weighted by molar-refractivity contribution is 7.89. The van der Waals surface area contributed by atoms with Crippen molar-refractivity contribution in [2.24, 2.45) is 0 Å². The zero-order valence-corrected chi connectivity index (χ0v) is 16.9. The number of anilines is 1. The first kappa shape index (κ1) is 19.1. The average molecular weight is 404 g/mol. The van der Waals surface area contributed by atoms with Gasteiger partial charge in [-0.15, -0.1) is 0 Å². The minimum Gasteiger partial charge on any atom is -0.339 e. The summed E-state index contributed by atoms with van der Waals surface area (Å²) in [6.45, 7) is 4.83. The molecule has 2 aliphatic heterocycles. The highest BCUT2D eigenvalue weighted by atomic mass is 32.2. The Labute approximate surface area is 164 Å². The Morgan fingerprint density at radius 2 is 2.14 bits per heavy atom. The number of benzene rings is 1. The zero-order valence-electron chi connectivity index (χ0n) is 16.1. The van der Waals surface area contributed by atoms with Crippen LogP contribution in [0.5, 0.6) is 0 Å². The van der Waals surface area contributed by atoms with Gasteiger partial charge in [0.05, 0.1) is 4.90 Å². The van der Waals surface area contributed by atoms with Crippen LogP contribution >= 0.6 is 0 Å². The van der Waals surface area contributed by atoms with Crippen LogP contribution in [-0.2, 0) is 27.7 Å². The van der Waals surface area contributed by atoms with Crippen molar-refractivity contribution in [3.8, 4) is 0 Å². The Morgan fingerprint density at radius 3 is 2.86 bits per heavy atom. The molecule has 4 rings (SSSR count). The number of fused-ring (bicyclic) bond motifs is 1. The minimum atomic E-state index is -3.66. The van der Waals surface area contributed by atoms with Gasteiger partial charge in [-0.3, -0.25) is 4.79 Å². The molecule has 0 bridgehead atoms. The highest BCUT2D eigenvalue weighted by Gasteiger charge is 2.34. The summed E-state index contributed by atoms with van der Waals surface area (Å²) in [6.07, 6.45) is 2.98. The van der Waals surface area contributed by atoms with E-state index in [2.05, 4.69) is 10.1 Å². The van der Waals surface area contributed by atoms with Gasteiger partial charge in [0.2, 0.25) is 21.8 Å². The maximum Gasteiger partial charge on any atom is 0.243 e. The monoisotopic (exact) mass is 404 g/mol. The van der Waals surface area contributed by atoms with E-state index in [1.54, 1.807) is 17.0 Å². The lowest BCUT2D eigenvalue weighted by molar-refractivity contribution is -0.116. The van der Waals surface area contributed by atoms with Gasteiger partial charge in [0, 0.05) is 44.6 Å². The summed E-state index contributed by atoms with van der Waals surface area (Å²) in [4.78, 5) is 18.1. The molecular formula is C19H24N4O4S. The predicted molar refractivity (Wildman–Crippen MR) is 103 cm³/mol. The fraction of sp³-hybridized carbons (Fsp3) is 0.526. The molecule has 1 fully saturated rings. The van der Waals surface area contributed by atoms with Crippen molar-refractivity contribution in [2.45, 2.75) is 50.3 Å². The van der Waals surface area contributed by atoms with Gasteiger partial charge in [-0.2, -0.15) is 9.29 Å². The van der Waals surface area contributed by atoms with Gasteiger partial charge in [-0.05, 0) is 37.0 Å². The lowest BCUT2D eigenvalue weighted by atomic mass is 9.99. The molecular weight excluding hydrogens is 380 g/mol. The first-order valence-electron chi connectivity index (χ1n) is 9.63. The van der Waals surface area contributed by atoms with Crippen LogP contribution in [0.25, 0.3) is 0 Å². The van der Waals surface area contributed by atoms with Crippen LogP contribution in [0.3, 0.4) is 0 Å². The Kier molecular flexibility index (Phi) is 4.96. The molecule has 0 radical (unpaired) electrons. The number of carbonyl (C=O) groups is 1. The normalized spacial score (nSPS) is 20.4. The van der Waals surface area contributed by atoms with Gasteiger partial charge in [0.15, 0.2) is 5.82 Å². The van der Waals surface area contributed by atoms with E-state index in [0.29, 0.717) is 43.5 Å². The van der Waals surface area contributed by atoms with Crippen LogP contribution in [0, 0.1) is 0 Å². The summed E-state index contributed by atoms with van der Waals surface area (Å²) < 4.78 is 33.2. The molecule has 3 heterocycles. The van der Waals surface area contributed by atoms with Gasteiger partial charge in [-0.1, -0.05) is 18.1 Å². The smallest absolute Gasteiger partial charge is 0.243 e. The topological polar surface area (TPSA) is 96.6 Å². The van der Waals surface area contributed by atoms with Crippen LogP contribution in [0.1, 0.15) is 49.9 Å². The van der Waals surface area contributed by atoms with E-state index in [0.717, 1.165) is 24.8 Å². The zero-order chi connectivity index (χ0) is 19.9. The van der Waals surface area contributed by atoms with Crippen molar-refractivity contribution in [3.05, 3.63) is 35.5 Å². The molecule has 0 N–H and O–H groups in total. The summed E-state index contributed by atoms with van der Waals surface area (Å²) in [5.74, 6) is 0.997. The Hall–Kier alpha value is -2.26. The lowest BCUT2D eigenvalue weighted by Crippen LogP contribution is -2.39. The third-order valence-electron chi connectivity index (χ3n) is 5.51. The molecule has 1 aromatic carbocycles. The fourth-order valence-electron chi connectivity index (χ4n) is 3.94. The molecule has 2 aliphatic rings. The Balaban J connectivity index is 1.60. The van der Waals surface area contributed by atoms with Gasteiger partial charge in [-0.25, -0.2) is 8.42 Å². The molecule has 150 valence electrons. The van der Waals surface area contributed by atoms with Crippen molar-refractivity contribution in [3.63, 3.8) is 0 Å². The Bertz CT molecular complexity index is 1000. The number of hydrogen-bond donors (Lipinski definition) is 0. The predicted octanol–water partition coefficient (Wildman–Crippen LogP) is 2.11. The van der Waals surface area contributed by atoms with E-state index in [1.807, 2.05) is 13.0 Å². The number of hydrogen-bond acceptors (Lipinski definition) is 6. The van der Waals surface area contributed by atoms with Crippen molar-refractivity contribution in [1.29, 1.82) is 0 Å². The van der Waals surface area contributed by atoms with Gasteiger partial charge >= 0.3 is 0 Å². The largest absolute Gasteiger partial charge is 0.339 e. The highest BCUT2D eigenvalue weighted by Crippen LogP contribution is 2.33. The second-order valence-electron chi connectivity index (χ2n) is 7.31. The summed E-state index contributed by atoms with van der Waals surface area (Å²) >= 11 is 0. The number of carbonyl (C=O) groups excluding carboxylic acids is 1. The molecule has 8 nitrogen and oxygen atoms in total. The minimum absolute atomic E-state index is 0.0734. The number of piperidine rings is 1. The molecule has 0 aliphatic carbocycles. The van der Waals surface area contributed by atoms with Gasteiger partial charge in [0.25, 0.3) is 0 Å². The standard InChI is InChI=1S/C19H24N4O4S/c1-3-18-20-19(21-27-18)15-5-4-9-22(12-15)28(25,26)16-7-6-14-8-10-23(13(2)24)17(14)11-16/h6-7,11,15H,3-5,8-10,12H2,1-2H3. The second kappa shape index (κ2) is 7.29. The van der Waals surface area contributed by atoms with E-state index in [9.17, 15) is 13.2 Å². The molecule has 28 heavy (non-hydrogen) atoms. The molecule has 1 saturated heterocycles. The number of amides is 1. The number of aromatic nitrogens is 2. The maximum absolute atomic E-state index is 13.3. The molecule has 2 aromatic rings. The molecule has 1 amide bonds. The lowest BCUT2D eigenvalue weighted by Gasteiger charge is -2.30. The van der Waals surface area contributed by atoms with Crippen LogP contribution in [-0.4, -0.2) is 48.4 Å². The second-order valence-corrected chi connectivity index (χ2v) is 9.25. The average Bonchev–Trinajstić information content (AvgIpc) is 3.34. The van der Waals surface area contributed by atoms with E-state index in [1.165, 1.54) is 11.2 Å². The molecule has 0 saturated carbocycles. The maximum atomic E-state index is 13.3. The molecule has 0 spiro atoms. The van der Waals surface area contributed by atoms with Crippen molar-refractivity contribution < 1.29 is 17.7 Å². The molecule has 1 atom stereocenters. The third-order valence-corrected chi connectivity index (χ3v) is 7.37.